The Hall–Kier alpha value is -0.700. The van der Waals surface area contributed by atoms with Gasteiger partial charge in [-0.1, -0.05) is 33.0 Å². The topological polar surface area (TPSA) is 20.3 Å². The molecule has 0 aromatic heterocycles. The molecule has 0 amide bonds. The van der Waals surface area contributed by atoms with E-state index in [1.54, 1.807) is 0 Å². The maximum absolute atomic E-state index is 11.8. The zero-order valence-electron chi connectivity index (χ0n) is 12.3. The van der Waals surface area contributed by atoms with Gasteiger partial charge in [-0.25, -0.2) is 0 Å². The molecule has 0 saturated heterocycles. The highest BCUT2D eigenvalue weighted by atomic mass is 32.1. The maximum Gasteiger partial charge on any atom is 0.204 e. The fourth-order valence-corrected chi connectivity index (χ4v) is 2.70. The summed E-state index contributed by atoms with van der Waals surface area (Å²) in [7, 11) is 0. The Labute approximate surface area is 116 Å². The quantitative estimate of drug-likeness (QED) is 0.730. The second-order valence-corrected chi connectivity index (χ2v) is 6.48. The van der Waals surface area contributed by atoms with Gasteiger partial charge in [0.15, 0.2) is 0 Å². The molecular formula is C15H25NOS. The first-order chi connectivity index (χ1) is 8.31. The van der Waals surface area contributed by atoms with Crippen LogP contribution in [-0.4, -0.2) is 13.1 Å². The summed E-state index contributed by atoms with van der Waals surface area (Å²) in [5.41, 5.74) is 2.46. The molecule has 0 bridgehead atoms. The van der Waals surface area contributed by atoms with E-state index in [9.17, 15) is 4.79 Å². The third-order valence-corrected chi connectivity index (χ3v) is 3.79. The fourth-order valence-electron chi connectivity index (χ4n) is 2.33. The van der Waals surface area contributed by atoms with Crippen LogP contribution in [-0.2, 0) is 6.42 Å². The highest BCUT2D eigenvalue weighted by Crippen LogP contribution is 2.27. The Morgan fingerprint density at radius 2 is 1.72 bits per heavy atom. The van der Waals surface area contributed by atoms with Crippen LogP contribution in [0.15, 0.2) is 4.79 Å². The Morgan fingerprint density at radius 1 is 1.17 bits per heavy atom. The van der Waals surface area contributed by atoms with Crippen LogP contribution in [0.1, 0.15) is 53.0 Å². The minimum absolute atomic E-state index is 0.112. The van der Waals surface area contributed by atoms with Gasteiger partial charge < -0.3 is 4.90 Å². The highest BCUT2D eigenvalue weighted by molar-refractivity contribution is 7.71. The summed E-state index contributed by atoms with van der Waals surface area (Å²) >= 11 is 5.19. The van der Waals surface area contributed by atoms with E-state index in [1.165, 1.54) is 0 Å². The maximum atomic E-state index is 11.8. The van der Waals surface area contributed by atoms with E-state index in [-0.39, 0.29) is 5.43 Å². The van der Waals surface area contributed by atoms with Crippen molar-refractivity contribution < 1.29 is 0 Å². The highest BCUT2D eigenvalue weighted by Gasteiger charge is 2.21. The summed E-state index contributed by atoms with van der Waals surface area (Å²) in [6.07, 6.45) is 3.09. The minimum atomic E-state index is 0.112. The number of nitrogens with zero attached hydrogens (tertiary/aromatic N) is 1. The predicted octanol–water partition coefficient (Wildman–Crippen LogP) is 3.87. The molecule has 0 N–H and O–H groups in total. The van der Waals surface area contributed by atoms with E-state index in [0.29, 0.717) is 9.93 Å². The van der Waals surface area contributed by atoms with E-state index in [4.69, 9.17) is 12.2 Å². The van der Waals surface area contributed by atoms with Crippen molar-refractivity contribution in [1.82, 2.24) is 0 Å². The van der Waals surface area contributed by atoms with Gasteiger partial charge in [-0.15, -0.1) is 0 Å². The zero-order valence-corrected chi connectivity index (χ0v) is 13.1. The first-order valence-electron chi connectivity index (χ1n) is 6.89. The molecule has 18 heavy (non-hydrogen) atoms. The van der Waals surface area contributed by atoms with Crippen molar-refractivity contribution in [2.24, 2.45) is 5.41 Å². The smallest absolute Gasteiger partial charge is 0.204 e. The summed E-state index contributed by atoms with van der Waals surface area (Å²) in [6.45, 7) is 12.8. The first-order valence-corrected chi connectivity index (χ1v) is 7.29. The molecule has 1 aromatic carbocycles. The number of hydrogen-bond donors (Lipinski definition) is 0. The van der Waals surface area contributed by atoms with Gasteiger partial charge in [-0.3, -0.25) is 4.79 Å². The van der Waals surface area contributed by atoms with Crippen LogP contribution in [0.25, 0.3) is 0 Å². The van der Waals surface area contributed by atoms with E-state index < -0.39 is 0 Å². The largest absolute Gasteiger partial charge is 0.370 e. The molecule has 0 heterocycles. The summed E-state index contributed by atoms with van der Waals surface area (Å²) in [5.74, 6) is 0. The van der Waals surface area contributed by atoms with Crippen molar-refractivity contribution in [3.8, 4) is 0 Å². The van der Waals surface area contributed by atoms with Crippen LogP contribution < -0.4 is 10.3 Å². The van der Waals surface area contributed by atoms with Crippen LogP contribution in [0, 0.1) is 9.93 Å². The van der Waals surface area contributed by atoms with Crippen molar-refractivity contribution in [2.45, 2.75) is 53.9 Å². The second-order valence-electron chi connectivity index (χ2n) is 6.07. The number of hydrogen-bond acceptors (Lipinski definition) is 3. The van der Waals surface area contributed by atoms with Crippen molar-refractivity contribution >= 4 is 17.9 Å². The fraction of sp³-hybridized carbons (Fsp3) is 0.733. The van der Waals surface area contributed by atoms with Crippen LogP contribution in [0.2, 0.25) is 0 Å². The van der Waals surface area contributed by atoms with Crippen molar-refractivity contribution in [3.05, 3.63) is 20.3 Å². The molecule has 3 heteroatoms. The lowest BCUT2D eigenvalue weighted by atomic mass is 9.88. The first kappa shape index (κ1) is 15.4. The van der Waals surface area contributed by atoms with Gasteiger partial charge in [-0.2, -0.15) is 0 Å². The molecule has 2 nitrogen and oxygen atoms in total. The molecule has 0 aliphatic rings. The van der Waals surface area contributed by atoms with Crippen molar-refractivity contribution in [2.75, 3.05) is 18.0 Å². The Bertz CT molecular complexity index is 459. The molecule has 0 saturated carbocycles. The molecule has 0 unspecified atom stereocenters. The summed E-state index contributed by atoms with van der Waals surface area (Å²) < 4.78 is 0.546. The number of rotatable bonds is 6. The van der Waals surface area contributed by atoms with Gasteiger partial charge in [0.05, 0.1) is 5.69 Å². The standard InChI is InChI=1S/C15H25NOS/c1-6-16(7-2)12-11(13(17)14(12)18)9-8-10-15(3,4)5/h6-10H2,1-5H3. The molecule has 1 rings (SSSR count). The van der Waals surface area contributed by atoms with Crippen LogP contribution in [0.3, 0.4) is 0 Å². The normalized spacial score (nSPS) is 12.1. The molecule has 0 spiro atoms. The van der Waals surface area contributed by atoms with Crippen LogP contribution >= 0.6 is 12.2 Å². The third kappa shape index (κ3) is 3.41. The average Bonchev–Trinajstić information content (AvgIpc) is 2.30. The monoisotopic (exact) mass is 267 g/mol. The lowest BCUT2D eigenvalue weighted by molar-refractivity contribution is 0.365. The Kier molecular flexibility index (Phi) is 5.09. The van der Waals surface area contributed by atoms with Gasteiger partial charge in [0.2, 0.25) is 5.43 Å². The van der Waals surface area contributed by atoms with Gasteiger partial charge in [0, 0.05) is 18.7 Å². The summed E-state index contributed by atoms with van der Waals surface area (Å²) in [5, 5.41) is 0. The Balaban J connectivity index is 2.76. The van der Waals surface area contributed by atoms with Crippen LogP contribution in [0.5, 0.6) is 0 Å². The molecule has 0 fully saturated rings. The average molecular weight is 267 g/mol. The van der Waals surface area contributed by atoms with E-state index in [0.717, 1.165) is 43.6 Å². The van der Waals surface area contributed by atoms with E-state index in [2.05, 4.69) is 39.5 Å². The molecule has 1 aromatic rings. The second kappa shape index (κ2) is 5.96. The molecular weight excluding hydrogens is 242 g/mol. The molecule has 0 atom stereocenters. The van der Waals surface area contributed by atoms with Gasteiger partial charge in [0.25, 0.3) is 0 Å². The van der Waals surface area contributed by atoms with Crippen LogP contribution in [0.4, 0.5) is 5.69 Å². The molecule has 0 aliphatic carbocycles. The minimum Gasteiger partial charge on any atom is -0.370 e. The summed E-state index contributed by atoms with van der Waals surface area (Å²) in [4.78, 5) is 14.0. The number of anilines is 1. The van der Waals surface area contributed by atoms with Gasteiger partial charge in [-0.05, 0) is 38.5 Å². The van der Waals surface area contributed by atoms with Crippen molar-refractivity contribution in [3.63, 3.8) is 0 Å². The van der Waals surface area contributed by atoms with Crippen molar-refractivity contribution in [1.29, 1.82) is 0 Å². The molecule has 0 aliphatic heterocycles. The van der Waals surface area contributed by atoms with E-state index in [1.807, 2.05) is 0 Å². The van der Waals surface area contributed by atoms with E-state index >= 15 is 0 Å². The lowest BCUT2D eigenvalue weighted by Crippen LogP contribution is -2.31. The third-order valence-electron chi connectivity index (χ3n) is 3.41. The van der Waals surface area contributed by atoms with Gasteiger partial charge >= 0.3 is 0 Å². The summed E-state index contributed by atoms with van der Waals surface area (Å²) in [6, 6.07) is 0. The molecule has 0 radical (unpaired) electrons. The lowest BCUT2D eigenvalue weighted by Gasteiger charge is -2.26. The SMILES string of the molecule is CCN(CC)c1c(CCCC(C)(C)C)c(=O)c1=S. The molecule has 102 valence electrons. The Morgan fingerprint density at radius 3 is 2.17 bits per heavy atom. The predicted molar refractivity (Wildman–Crippen MR) is 81.9 cm³/mol. The zero-order chi connectivity index (χ0) is 13.9. The van der Waals surface area contributed by atoms with Gasteiger partial charge in [0.1, 0.15) is 4.51 Å².